The van der Waals surface area contributed by atoms with Crippen LogP contribution in [0.15, 0.2) is 34.0 Å². The van der Waals surface area contributed by atoms with Gasteiger partial charge >= 0.3 is 5.69 Å². The van der Waals surface area contributed by atoms with Gasteiger partial charge in [-0.15, -0.1) is 0 Å². The molecule has 3 N–H and O–H groups in total. The van der Waals surface area contributed by atoms with E-state index in [1.54, 1.807) is 26.0 Å². The molecule has 31 heavy (non-hydrogen) atoms. The second kappa shape index (κ2) is 9.86. The number of aromatic amines is 1. The molecule has 0 saturated carbocycles. The minimum atomic E-state index is -0.906. The number of carbonyl (C=O) groups excluding carboxylic acids is 1. The lowest BCUT2D eigenvalue weighted by Gasteiger charge is -2.19. The van der Waals surface area contributed by atoms with E-state index in [-0.39, 0.29) is 18.0 Å². The molecule has 0 spiro atoms. The number of benzene rings is 1. The van der Waals surface area contributed by atoms with Gasteiger partial charge < -0.3 is 19.9 Å². The Balaban J connectivity index is 1.59. The third kappa shape index (κ3) is 5.48. The highest BCUT2D eigenvalue weighted by atomic mass is 35.5. The lowest BCUT2D eigenvalue weighted by atomic mass is 10.1. The molecule has 1 aliphatic heterocycles. The van der Waals surface area contributed by atoms with Crippen LogP contribution in [0.4, 0.5) is 0 Å². The molecule has 1 amide bonds. The van der Waals surface area contributed by atoms with Gasteiger partial charge in [0.25, 0.3) is 11.5 Å². The molecule has 1 aromatic carbocycles. The minimum absolute atomic E-state index is 0.0112. The Bertz CT molecular complexity index is 1070. The summed E-state index contributed by atoms with van der Waals surface area (Å²) >= 11 is 11.9. The van der Waals surface area contributed by atoms with E-state index in [2.05, 4.69) is 10.3 Å². The maximum Gasteiger partial charge on any atom is 0.330 e. The van der Waals surface area contributed by atoms with Crippen LogP contribution in [0.3, 0.4) is 0 Å². The lowest BCUT2D eigenvalue weighted by Crippen LogP contribution is -2.42. The molecule has 0 radical (unpaired) electrons. The van der Waals surface area contributed by atoms with Crippen molar-refractivity contribution in [3.8, 4) is 5.75 Å². The van der Waals surface area contributed by atoms with Crippen LogP contribution in [-0.4, -0.2) is 45.4 Å². The van der Waals surface area contributed by atoms with Gasteiger partial charge in [0.1, 0.15) is 18.1 Å². The number of halogens is 2. The van der Waals surface area contributed by atoms with Crippen LogP contribution in [0.1, 0.15) is 32.1 Å². The first-order valence-electron chi connectivity index (χ1n) is 9.76. The van der Waals surface area contributed by atoms with Crippen molar-refractivity contribution >= 4 is 29.1 Å². The van der Waals surface area contributed by atoms with Gasteiger partial charge in [-0.05, 0) is 31.5 Å². The number of aliphatic hydroxyl groups is 1. The average molecular weight is 472 g/mol. The summed E-state index contributed by atoms with van der Waals surface area (Å²) in [6.07, 6.45) is -1.23. The van der Waals surface area contributed by atoms with Gasteiger partial charge in [-0.2, -0.15) is 0 Å². The van der Waals surface area contributed by atoms with Crippen molar-refractivity contribution in [2.75, 3.05) is 6.54 Å². The fourth-order valence-corrected chi connectivity index (χ4v) is 3.68. The van der Waals surface area contributed by atoms with Crippen molar-refractivity contribution in [3.63, 3.8) is 0 Å². The zero-order valence-corrected chi connectivity index (χ0v) is 18.4. The molecule has 1 fully saturated rings. The molecule has 2 heterocycles. The Kier molecular flexibility index (Phi) is 7.42. The van der Waals surface area contributed by atoms with E-state index < -0.39 is 41.7 Å². The summed E-state index contributed by atoms with van der Waals surface area (Å²) in [5, 5.41) is 13.7. The normalized spacial score (nSPS) is 21.6. The van der Waals surface area contributed by atoms with Gasteiger partial charge in [-0.25, -0.2) is 4.79 Å². The first-order valence-corrected chi connectivity index (χ1v) is 10.5. The predicted molar refractivity (Wildman–Crippen MR) is 115 cm³/mol. The van der Waals surface area contributed by atoms with Crippen molar-refractivity contribution in [2.45, 2.75) is 51.2 Å². The molecular formula is C20H23Cl2N3O6. The molecule has 2 aromatic rings. The average Bonchev–Trinajstić information content (AvgIpc) is 3.08. The summed E-state index contributed by atoms with van der Waals surface area (Å²) in [6, 6.07) is 4.67. The van der Waals surface area contributed by atoms with E-state index >= 15 is 0 Å². The standard InChI is InChI=1S/C20H23Cl2N3O6/c1-3-11-9-25(20(29)24-19(11)28)17-7-14(26)16(31-17)8-23-18(27)10(2)30-15-5-4-12(21)6-13(15)22/h4-6,9-10,14,16-17,26H,3,7-8H2,1-2H3,(H,23,27)(H,24,28,29)/t10?,14-,16+,17+/m0/s1. The zero-order chi connectivity index (χ0) is 22.7. The molecule has 1 unspecified atom stereocenters. The summed E-state index contributed by atoms with van der Waals surface area (Å²) in [5.41, 5.74) is -0.631. The smallest absolute Gasteiger partial charge is 0.330 e. The number of H-pyrrole nitrogens is 1. The van der Waals surface area contributed by atoms with Crippen molar-refractivity contribution in [1.29, 1.82) is 0 Å². The van der Waals surface area contributed by atoms with E-state index in [0.29, 0.717) is 22.8 Å². The lowest BCUT2D eigenvalue weighted by molar-refractivity contribution is -0.128. The highest BCUT2D eigenvalue weighted by Gasteiger charge is 2.36. The van der Waals surface area contributed by atoms with Crippen molar-refractivity contribution in [1.82, 2.24) is 14.9 Å². The summed E-state index contributed by atoms with van der Waals surface area (Å²) in [6.45, 7) is 3.36. The van der Waals surface area contributed by atoms with Crippen LogP contribution in [0.25, 0.3) is 0 Å². The number of nitrogens with one attached hydrogen (secondary N) is 2. The number of nitrogens with zero attached hydrogens (tertiary/aromatic N) is 1. The monoisotopic (exact) mass is 471 g/mol. The van der Waals surface area contributed by atoms with Gasteiger partial charge in [0.2, 0.25) is 0 Å². The van der Waals surface area contributed by atoms with Crippen LogP contribution < -0.4 is 21.3 Å². The van der Waals surface area contributed by atoms with Crippen LogP contribution in [-0.2, 0) is 16.0 Å². The summed E-state index contributed by atoms with van der Waals surface area (Å²) in [4.78, 5) is 38.5. The largest absolute Gasteiger partial charge is 0.479 e. The maximum atomic E-state index is 12.4. The molecule has 1 saturated heterocycles. The fourth-order valence-electron chi connectivity index (χ4n) is 3.22. The van der Waals surface area contributed by atoms with Crippen molar-refractivity contribution in [3.05, 3.63) is 60.8 Å². The fraction of sp³-hybridized carbons (Fsp3) is 0.450. The second-order valence-corrected chi connectivity index (χ2v) is 8.03. The first-order chi connectivity index (χ1) is 14.7. The van der Waals surface area contributed by atoms with Crippen LogP contribution >= 0.6 is 23.2 Å². The number of ether oxygens (including phenoxy) is 2. The van der Waals surface area contributed by atoms with Crippen LogP contribution in [0.2, 0.25) is 10.0 Å². The van der Waals surface area contributed by atoms with E-state index in [0.717, 1.165) is 0 Å². The van der Waals surface area contributed by atoms with Gasteiger partial charge in [0.15, 0.2) is 6.10 Å². The molecule has 1 aromatic heterocycles. The third-order valence-corrected chi connectivity index (χ3v) is 5.51. The first kappa shape index (κ1) is 23.3. The summed E-state index contributed by atoms with van der Waals surface area (Å²) in [5.74, 6) is -0.116. The zero-order valence-electron chi connectivity index (χ0n) is 16.9. The number of amides is 1. The SMILES string of the molecule is CCc1cn([C@H]2C[C@H](O)[C@@H](CNC(=O)C(C)Oc3ccc(Cl)cc3Cl)O2)c(=O)[nH]c1=O. The highest BCUT2D eigenvalue weighted by Crippen LogP contribution is 2.29. The van der Waals surface area contributed by atoms with Crippen molar-refractivity contribution in [2.24, 2.45) is 0 Å². The second-order valence-electron chi connectivity index (χ2n) is 7.19. The molecule has 4 atom stereocenters. The van der Waals surface area contributed by atoms with E-state index in [9.17, 15) is 19.5 Å². The predicted octanol–water partition coefficient (Wildman–Crippen LogP) is 1.64. The molecule has 3 rings (SSSR count). The highest BCUT2D eigenvalue weighted by molar-refractivity contribution is 6.35. The number of hydrogen-bond donors (Lipinski definition) is 3. The quantitative estimate of drug-likeness (QED) is 0.563. The van der Waals surface area contributed by atoms with Crippen molar-refractivity contribution < 1.29 is 19.4 Å². The van der Waals surface area contributed by atoms with Gasteiger partial charge in [-0.1, -0.05) is 30.1 Å². The Morgan fingerprint density at radius 1 is 1.42 bits per heavy atom. The molecule has 168 valence electrons. The van der Waals surface area contributed by atoms with Crippen LogP contribution in [0.5, 0.6) is 5.75 Å². The Labute approximate surface area is 187 Å². The molecule has 9 nitrogen and oxygen atoms in total. The topological polar surface area (TPSA) is 123 Å². The Morgan fingerprint density at radius 3 is 2.84 bits per heavy atom. The van der Waals surface area contributed by atoms with E-state index in [4.69, 9.17) is 32.7 Å². The molecule has 0 aliphatic carbocycles. The summed E-state index contributed by atoms with van der Waals surface area (Å²) < 4.78 is 12.6. The van der Waals surface area contributed by atoms with Gasteiger partial charge in [-0.3, -0.25) is 19.1 Å². The molecule has 11 heteroatoms. The number of carbonyl (C=O) groups is 1. The van der Waals surface area contributed by atoms with E-state index in [1.165, 1.54) is 16.8 Å². The van der Waals surface area contributed by atoms with Crippen LogP contribution in [0, 0.1) is 0 Å². The molecular weight excluding hydrogens is 449 g/mol. The van der Waals surface area contributed by atoms with E-state index in [1.807, 2.05) is 0 Å². The van der Waals surface area contributed by atoms with Gasteiger partial charge in [0.05, 0.1) is 11.1 Å². The Hall–Kier alpha value is -2.33. The number of aromatic nitrogens is 2. The minimum Gasteiger partial charge on any atom is -0.479 e. The third-order valence-electron chi connectivity index (χ3n) is 4.98. The van der Waals surface area contributed by atoms with Gasteiger partial charge in [0, 0.05) is 29.7 Å². The Morgan fingerprint density at radius 2 is 2.16 bits per heavy atom. The molecule has 1 aliphatic rings. The number of hydrogen-bond acceptors (Lipinski definition) is 6. The number of aryl methyl sites for hydroxylation is 1. The molecule has 0 bridgehead atoms. The number of rotatable bonds is 7. The summed E-state index contributed by atoms with van der Waals surface area (Å²) in [7, 11) is 0. The maximum absolute atomic E-state index is 12.4. The number of aliphatic hydroxyl groups excluding tert-OH is 1.